The maximum atomic E-state index is 11.6. The lowest BCUT2D eigenvalue weighted by Crippen LogP contribution is -2.28. The van der Waals surface area contributed by atoms with Crippen LogP contribution in [0.5, 0.6) is 11.5 Å². The molecule has 0 spiro atoms. The van der Waals surface area contributed by atoms with Crippen LogP contribution in [0.3, 0.4) is 0 Å². The number of hydrogen-bond donors (Lipinski definition) is 1. The standard InChI is InChI=1S/C23H29BrN2O3.ClH/c1-17-6-8-18(9-7-17)16-29-23-20(24)13-19(14-21(23)28-2)15-25-10-4-12-26-11-3-5-22(26)27;/h6-9,13-14,25H,3-5,10-12,15-16H2,1-2H3;1H. The number of rotatable bonds is 10. The molecule has 0 saturated carbocycles. The van der Waals surface area contributed by atoms with Gasteiger partial charge in [0.1, 0.15) is 6.61 Å². The molecule has 1 fully saturated rings. The van der Waals surface area contributed by atoms with Gasteiger partial charge in [0.25, 0.3) is 0 Å². The van der Waals surface area contributed by atoms with Crippen LogP contribution >= 0.6 is 28.3 Å². The van der Waals surface area contributed by atoms with Crippen molar-refractivity contribution in [1.82, 2.24) is 10.2 Å². The fraction of sp³-hybridized carbons (Fsp3) is 0.435. The van der Waals surface area contributed by atoms with Gasteiger partial charge < -0.3 is 19.7 Å². The summed E-state index contributed by atoms with van der Waals surface area (Å²) < 4.78 is 12.5. The van der Waals surface area contributed by atoms with Crippen molar-refractivity contribution in [3.8, 4) is 11.5 Å². The molecule has 5 nitrogen and oxygen atoms in total. The van der Waals surface area contributed by atoms with Gasteiger partial charge in [-0.25, -0.2) is 0 Å². The third kappa shape index (κ3) is 6.89. The van der Waals surface area contributed by atoms with Gasteiger partial charge >= 0.3 is 0 Å². The van der Waals surface area contributed by atoms with Gasteiger partial charge in [0.05, 0.1) is 11.6 Å². The predicted molar refractivity (Wildman–Crippen MR) is 126 cm³/mol. The number of nitrogens with one attached hydrogen (secondary N) is 1. The Hall–Kier alpha value is -1.76. The van der Waals surface area contributed by atoms with E-state index in [1.807, 2.05) is 11.0 Å². The predicted octanol–water partition coefficient (Wildman–Crippen LogP) is 4.87. The monoisotopic (exact) mass is 496 g/mol. The first-order valence-electron chi connectivity index (χ1n) is 10.1. The van der Waals surface area contributed by atoms with Crippen LogP contribution in [-0.2, 0) is 17.9 Å². The van der Waals surface area contributed by atoms with E-state index in [9.17, 15) is 4.79 Å². The first-order chi connectivity index (χ1) is 14.1. The number of amides is 1. The summed E-state index contributed by atoms with van der Waals surface area (Å²) in [5.74, 6) is 1.72. The van der Waals surface area contributed by atoms with Crippen LogP contribution < -0.4 is 14.8 Å². The molecule has 2 aromatic rings. The number of methoxy groups -OCH3 is 1. The van der Waals surface area contributed by atoms with E-state index in [4.69, 9.17) is 9.47 Å². The van der Waals surface area contributed by atoms with Crippen LogP contribution in [-0.4, -0.2) is 37.6 Å². The van der Waals surface area contributed by atoms with Crippen molar-refractivity contribution in [2.75, 3.05) is 26.7 Å². The summed E-state index contributed by atoms with van der Waals surface area (Å²) in [4.78, 5) is 13.6. The van der Waals surface area contributed by atoms with E-state index in [1.165, 1.54) is 5.56 Å². The lowest BCUT2D eigenvalue weighted by Gasteiger charge is -2.16. The molecule has 0 aromatic heterocycles. The number of carbonyl (C=O) groups excluding carboxylic acids is 1. The molecule has 1 saturated heterocycles. The van der Waals surface area contributed by atoms with Crippen molar-refractivity contribution in [2.24, 2.45) is 0 Å². The lowest BCUT2D eigenvalue weighted by molar-refractivity contribution is -0.127. The number of hydrogen-bond acceptors (Lipinski definition) is 4. The Kier molecular flexibility index (Phi) is 9.95. The smallest absolute Gasteiger partial charge is 0.222 e. The SMILES string of the molecule is COc1cc(CNCCCN2CCCC2=O)cc(Br)c1OCc1ccc(C)cc1.Cl. The van der Waals surface area contributed by atoms with E-state index < -0.39 is 0 Å². The molecule has 7 heteroatoms. The molecule has 1 aliphatic heterocycles. The molecule has 0 bridgehead atoms. The Labute approximate surface area is 193 Å². The van der Waals surface area contributed by atoms with Crippen molar-refractivity contribution in [3.05, 3.63) is 57.6 Å². The maximum absolute atomic E-state index is 11.6. The Morgan fingerprint density at radius 1 is 1.17 bits per heavy atom. The number of aryl methyl sites for hydroxylation is 1. The molecule has 164 valence electrons. The van der Waals surface area contributed by atoms with Crippen molar-refractivity contribution in [3.63, 3.8) is 0 Å². The second-order valence-corrected chi connectivity index (χ2v) is 8.25. The van der Waals surface area contributed by atoms with Crippen LogP contribution in [0.4, 0.5) is 0 Å². The van der Waals surface area contributed by atoms with Gasteiger partial charge in [-0.05, 0) is 65.5 Å². The fourth-order valence-electron chi connectivity index (χ4n) is 3.42. The molecular weight excluding hydrogens is 468 g/mol. The molecule has 1 amide bonds. The summed E-state index contributed by atoms with van der Waals surface area (Å²) in [5.41, 5.74) is 3.47. The number of benzene rings is 2. The highest BCUT2D eigenvalue weighted by Gasteiger charge is 2.19. The first kappa shape index (κ1) is 24.5. The van der Waals surface area contributed by atoms with Gasteiger partial charge in [0.15, 0.2) is 11.5 Å². The highest BCUT2D eigenvalue weighted by molar-refractivity contribution is 9.10. The zero-order chi connectivity index (χ0) is 20.6. The summed E-state index contributed by atoms with van der Waals surface area (Å²) in [6.45, 7) is 5.92. The Balaban J connectivity index is 0.00000320. The van der Waals surface area contributed by atoms with Gasteiger partial charge in [0, 0.05) is 26.1 Å². The molecule has 0 radical (unpaired) electrons. The topological polar surface area (TPSA) is 50.8 Å². The molecule has 1 heterocycles. The minimum atomic E-state index is 0. The van der Waals surface area contributed by atoms with Crippen molar-refractivity contribution in [1.29, 1.82) is 0 Å². The van der Waals surface area contributed by atoms with E-state index in [2.05, 4.69) is 58.5 Å². The highest BCUT2D eigenvalue weighted by atomic mass is 79.9. The highest BCUT2D eigenvalue weighted by Crippen LogP contribution is 2.37. The van der Waals surface area contributed by atoms with E-state index in [1.54, 1.807) is 7.11 Å². The summed E-state index contributed by atoms with van der Waals surface area (Å²) in [7, 11) is 1.66. The Morgan fingerprint density at radius 2 is 1.93 bits per heavy atom. The van der Waals surface area contributed by atoms with Crippen molar-refractivity contribution >= 4 is 34.2 Å². The number of ether oxygens (including phenoxy) is 2. The van der Waals surface area contributed by atoms with Crippen LogP contribution in [0, 0.1) is 6.92 Å². The quantitative estimate of drug-likeness (QED) is 0.476. The minimum absolute atomic E-state index is 0. The van der Waals surface area contributed by atoms with Gasteiger partial charge in [-0.2, -0.15) is 0 Å². The van der Waals surface area contributed by atoms with E-state index >= 15 is 0 Å². The van der Waals surface area contributed by atoms with Gasteiger partial charge in [0.2, 0.25) is 5.91 Å². The van der Waals surface area contributed by atoms with Crippen LogP contribution in [0.15, 0.2) is 40.9 Å². The van der Waals surface area contributed by atoms with E-state index in [0.29, 0.717) is 30.4 Å². The fourth-order valence-corrected chi connectivity index (χ4v) is 4.03. The van der Waals surface area contributed by atoms with Crippen LogP contribution in [0.1, 0.15) is 36.0 Å². The average Bonchev–Trinajstić information content (AvgIpc) is 3.12. The van der Waals surface area contributed by atoms with Crippen molar-refractivity contribution in [2.45, 2.75) is 39.3 Å². The Morgan fingerprint density at radius 3 is 2.60 bits per heavy atom. The van der Waals surface area contributed by atoms with E-state index in [0.717, 1.165) is 54.6 Å². The molecule has 0 atom stereocenters. The minimum Gasteiger partial charge on any atom is -0.493 e. The number of nitrogens with zero attached hydrogens (tertiary/aromatic N) is 1. The molecule has 3 rings (SSSR count). The molecular formula is C23H30BrClN2O3. The molecule has 2 aromatic carbocycles. The number of likely N-dealkylation sites (tertiary alicyclic amines) is 1. The zero-order valence-electron chi connectivity index (χ0n) is 17.6. The first-order valence-corrected chi connectivity index (χ1v) is 10.9. The van der Waals surface area contributed by atoms with Gasteiger partial charge in [-0.15, -0.1) is 12.4 Å². The second-order valence-electron chi connectivity index (χ2n) is 7.40. The maximum Gasteiger partial charge on any atom is 0.222 e. The third-order valence-corrected chi connectivity index (χ3v) is 5.66. The average molecular weight is 498 g/mol. The number of halogens is 2. The van der Waals surface area contributed by atoms with Gasteiger partial charge in [-0.3, -0.25) is 4.79 Å². The van der Waals surface area contributed by atoms with E-state index in [-0.39, 0.29) is 12.4 Å². The largest absolute Gasteiger partial charge is 0.493 e. The summed E-state index contributed by atoms with van der Waals surface area (Å²) in [6, 6.07) is 12.4. The zero-order valence-corrected chi connectivity index (χ0v) is 20.0. The lowest BCUT2D eigenvalue weighted by atomic mass is 10.1. The van der Waals surface area contributed by atoms with Gasteiger partial charge in [-0.1, -0.05) is 29.8 Å². The summed E-state index contributed by atoms with van der Waals surface area (Å²) in [6.07, 6.45) is 2.67. The molecule has 1 aliphatic rings. The summed E-state index contributed by atoms with van der Waals surface area (Å²) in [5, 5.41) is 3.45. The Bertz CT molecular complexity index is 830. The molecule has 30 heavy (non-hydrogen) atoms. The second kappa shape index (κ2) is 12.2. The summed E-state index contributed by atoms with van der Waals surface area (Å²) >= 11 is 3.62. The van der Waals surface area contributed by atoms with Crippen LogP contribution in [0.2, 0.25) is 0 Å². The molecule has 0 unspecified atom stereocenters. The normalized spacial score (nSPS) is 13.3. The van der Waals surface area contributed by atoms with Crippen LogP contribution in [0.25, 0.3) is 0 Å². The molecule has 0 aliphatic carbocycles. The third-order valence-electron chi connectivity index (χ3n) is 5.08. The number of carbonyl (C=O) groups is 1. The van der Waals surface area contributed by atoms with Crippen molar-refractivity contribution < 1.29 is 14.3 Å². The molecule has 1 N–H and O–H groups in total.